The van der Waals surface area contributed by atoms with Gasteiger partial charge in [0.25, 0.3) is 0 Å². The summed E-state index contributed by atoms with van der Waals surface area (Å²) in [6.07, 6.45) is 4.31. The molecule has 0 bridgehead atoms. The standard InChI is InChI=1S/C18H16Br2O2/c1-2-11-22-18-10-8-16(20)12-14(18)5-9-17(21)13-3-6-15(19)7-4-13/h3-10,12H,2,11H2,1H3/b9-5+. The van der Waals surface area contributed by atoms with Crippen molar-refractivity contribution in [2.24, 2.45) is 0 Å². The van der Waals surface area contributed by atoms with E-state index >= 15 is 0 Å². The molecule has 2 rings (SSSR count). The van der Waals surface area contributed by atoms with E-state index in [1.807, 2.05) is 30.3 Å². The van der Waals surface area contributed by atoms with E-state index in [0.29, 0.717) is 12.2 Å². The third kappa shape index (κ3) is 4.82. The maximum Gasteiger partial charge on any atom is 0.185 e. The molecule has 2 aromatic carbocycles. The maximum absolute atomic E-state index is 12.2. The molecule has 22 heavy (non-hydrogen) atoms. The van der Waals surface area contributed by atoms with Gasteiger partial charge in [-0.3, -0.25) is 4.79 Å². The molecule has 0 heterocycles. The van der Waals surface area contributed by atoms with Crippen molar-refractivity contribution in [3.63, 3.8) is 0 Å². The monoisotopic (exact) mass is 422 g/mol. The molecule has 0 radical (unpaired) electrons. The van der Waals surface area contributed by atoms with Gasteiger partial charge >= 0.3 is 0 Å². The SMILES string of the molecule is CCCOc1ccc(Br)cc1/C=C/C(=O)c1ccc(Br)cc1. The summed E-state index contributed by atoms with van der Waals surface area (Å²) in [5.41, 5.74) is 1.54. The van der Waals surface area contributed by atoms with Crippen LogP contribution in [0.4, 0.5) is 0 Å². The van der Waals surface area contributed by atoms with Gasteiger partial charge in [0.2, 0.25) is 0 Å². The lowest BCUT2D eigenvalue weighted by Crippen LogP contribution is -1.97. The van der Waals surface area contributed by atoms with Crippen LogP contribution in [0.15, 0.2) is 57.5 Å². The van der Waals surface area contributed by atoms with Crippen LogP contribution < -0.4 is 4.74 Å². The predicted molar refractivity (Wildman–Crippen MR) is 97.4 cm³/mol. The Morgan fingerprint density at radius 3 is 2.45 bits per heavy atom. The van der Waals surface area contributed by atoms with Gasteiger partial charge in [-0.15, -0.1) is 0 Å². The average Bonchev–Trinajstić information content (AvgIpc) is 2.52. The molecule has 0 aliphatic carbocycles. The van der Waals surface area contributed by atoms with Crippen LogP contribution in [0, 0.1) is 0 Å². The Labute approximate surface area is 147 Å². The molecule has 0 N–H and O–H groups in total. The minimum atomic E-state index is -0.0334. The van der Waals surface area contributed by atoms with E-state index in [2.05, 4.69) is 38.8 Å². The Balaban J connectivity index is 2.19. The van der Waals surface area contributed by atoms with Crippen LogP contribution in [0.3, 0.4) is 0 Å². The molecular formula is C18H16Br2O2. The van der Waals surface area contributed by atoms with Crippen molar-refractivity contribution >= 4 is 43.7 Å². The third-order valence-electron chi connectivity index (χ3n) is 2.98. The molecule has 0 aliphatic heterocycles. The van der Waals surface area contributed by atoms with Gasteiger partial charge < -0.3 is 4.74 Å². The molecule has 114 valence electrons. The number of ether oxygens (including phenoxy) is 1. The van der Waals surface area contributed by atoms with E-state index < -0.39 is 0 Å². The quantitative estimate of drug-likeness (QED) is 0.427. The van der Waals surface area contributed by atoms with Crippen LogP contribution >= 0.6 is 31.9 Å². The number of carbonyl (C=O) groups is 1. The fraction of sp³-hybridized carbons (Fsp3) is 0.167. The molecule has 0 saturated carbocycles. The topological polar surface area (TPSA) is 26.3 Å². The minimum Gasteiger partial charge on any atom is -0.493 e. The Kier molecular flexibility index (Phi) is 6.40. The molecule has 0 fully saturated rings. The van der Waals surface area contributed by atoms with Crippen molar-refractivity contribution in [2.45, 2.75) is 13.3 Å². The second-order valence-electron chi connectivity index (χ2n) is 4.74. The van der Waals surface area contributed by atoms with Gasteiger partial charge in [0.15, 0.2) is 5.78 Å². The maximum atomic E-state index is 12.2. The van der Waals surface area contributed by atoms with Gasteiger partial charge in [-0.05, 0) is 61.0 Å². The fourth-order valence-electron chi connectivity index (χ4n) is 1.87. The van der Waals surface area contributed by atoms with Gasteiger partial charge in [-0.25, -0.2) is 0 Å². The molecule has 0 amide bonds. The van der Waals surface area contributed by atoms with Crippen molar-refractivity contribution in [3.8, 4) is 5.75 Å². The van der Waals surface area contributed by atoms with E-state index in [-0.39, 0.29) is 5.78 Å². The molecule has 0 atom stereocenters. The Bertz CT molecular complexity index is 676. The van der Waals surface area contributed by atoms with Crippen molar-refractivity contribution in [1.82, 2.24) is 0 Å². The van der Waals surface area contributed by atoms with Gasteiger partial charge in [0.05, 0.1) is 6.61 Å². The molecular weight excluding hydrogens is 408 g/mol. The Morgan fingerprint density at radius 1 is 1.09 bits per heavy atom. The van der Waals surface area contributed by atoms with Crippen molar-refractivity contribution in [2.75, 3.05) is 6.61 Å². The highest BCUT2D eigenvalue weighted by Crippen LogP contribution is 2.25. The van der Waals surface area contributed by atoms with Crippen LogP contribution in [-0.2, 0) is 0 Å². The molecule has 2 aromatic rings. The first-order valence-electron chi connectivity index (χ1n) is 7.00. The number of hydrogen-bond donors (Lipinski definition) is 0. The summed E-state index contributed by atoms with van der Waals surface area (Å²) in [6.45, 7) is 2.72. The summed E-state index contributed by atoms with van der Waals surface area (Å²) in [5, 5.41) is 0. The summed E-state index contributed by atoms with van der Waals surface area (Å²) >= 11 is 6.81. The van der Waals surface area contributed by atoms with Gasteiger partial charge in [-0.2, -0.15) is 0 Å². The molecule has 0 saturated heterocycles. The first-order valence-corrected chi connectivity index (χ1v) is 8.59. The van der Waals surface area contributed by atoms with E-state index in [1.165, 1.54) is 0 Å². The lowest BCUT2D eigenvalue weighted by atomic mass is 10.1. The Hall–Kier alpha value is -1.39. The predicted octanol–water partition coefficient (Wildman–Crippen LogP) is 5.90. The van der Waals surface area contributed by atoms with Crippen LogP contribution in [0.2, 0.25) is 0 Å². The first kappa shape index (κ1) is 17.0. The van der Waals surface area contributed by atoms with Crippen LogP contribution in [0.1, 0.15) is 29.3 Å². The van der Waals surface area contributed by atoms with Gasteiger partial charge in [-0.1, -0.05) is 38.8 Å². The summed E-state index contributed by atoms with van der Waals surface area (Å²) in [6, 6.07) is 13.1. The lowest BCUT2D eigenvalue weighted by molar-refractivity contribution is 0.104. The lowest BCUT2D eigenvalue weighted by Gasteiger charge is -2.08. The van der Waals surface area contributed by atoms with E-state index in [4.69, 9.17) is 4.74 Å². The largest absolute Gasteiger partial charge is 0.493 e. The fourth-order valence-corrected chi connectivity index (χ4v) is 2.51. The molecule has 2 nitrogen and oxygen atoms in total. The van der Waals surface area contributed by atoms with Crippen molar-refractivity contribution < 1.29 is 9.53 Å². The summed E-state index contributed by atoms with van der Waals surface area (Å²) in [5.74, 6) is 0.749. The number of hydrogen-bond acceptors (Lipinski definition) is 2. The van der Waals surface area contributed by atoms with Gasteiger partial charge in [0.1, 0.15) is 5.75 Å². The molecule has 0 aromatic heterocycles. The molecule has 0 aliphatic rings. The number of carbonyl (C=O) groups excluding carboxylic acids is 1. The minimum absolute atomic E-state index is 0.0334. The Morgan fingerprint density at radius 2 is 1.77 bits per heavy atom. The molecule has 0 spiro atoms. The van der Waals surface area contributed by atoms with E-state index in [0.717, 1.165) is 26.7 Å². The van der Waals surface area contributed by atoms with Crippen LogP contribution in [0.5, 0.6) is 5.75 Å². The average molecular weight is 424 g/mol. The van der Waals surface area contributed by atoms with Crippen LogP contribution in [-0.4, -0.2) is 12.4 Å². The highest BCUT2D eigenvalue weighted by Gasteiger charge is 2.04. The smallest absolute Gasteiger partial charge is 0.185 e. The summed E-state index contributed by atoms with van der Waals surface area (Å²) in [7, 11) is 0. The normalized spacial score (nSPS) is 10.9. The van der Waals surface area contributed by atoms with Gasteiger partial charge in [0, 0.05) is 20.1 Å². The van der Waals surface area contributed by atoms with Crippen molar-refractivity contribution in [1.29, 1.82) is 0 Å². The second kappa shape index (κ2) is 8.30. The number of rotatable bonds is 6. The number of benzene rings is 2. The van der Waals surface area contributed by atoms with E-state index in [1.54, 1.807) is 24.3 Å². The zero-order chi connectivity index (χ0) is 15.9. The van der Waals surface area contributed by atoms with Crippen LogP contribution in [0.25, 0.3) is 6.08 Å². The number of ketones is 1. The zero-order valence-corrected chi connectivity index (χ0v) is 15.4. The summed E-state index contributed by atoms with van der Waals surface area (Å²) < 4.78 is 7.61. The van der Waals surface area contributed by atoms with Crippen molar-refractivity contribution in [3.05, 3.63) is 68.6 Å². The number of allylic oxidation sites excluding steroid dienone is 1. The molecule has 0 unspecified atom stereocenters. The third-order valence-corrected chi connectivity index (χ3v) is 4.00. The summed E-state index contributed by atoms with van der Waals surface area (Å²) in [4.78, 5) is 12.2. The second-order valence-corrected chi connectivity index (χ2v) is 6.57. The highest BCUT2D eigenvalue weighted by atomic mass is 79.9. The first-order chi connectivity index (χ1) is 10.6. The highest BCUT2D eigenvalue weighted by molar-refractivity contribution is 9.10. The van der Waals surface area contributed by atoms with E-state index in [9.17, 15) is 4.79 Å². The zero-order valence-electron chi connectivity index (χ0n) is 12.2. The number of halogens is 2. The molecule has 4 heteroatoms.